The number of hydrogen-bond donors (Lipinski definition) is 2. The highest BCUT2D eigenvalue weighted by Crippen LogP contribution is 2.47. The van der Waals surface area contributed by atoms with Crippen LogP contribution in [0, 0.1) is 24.2 Å². The summed E-state index contributed by atoms with van der Waals surface area (Å²) in [6, 6.07) is 5.54. The maximum atomic E-state index is 13.7. The number of aryl methyl sites for hydroxylation is 1. The molecule has 0 saturated carbocycles. The minimum absolute atomic E-state index is 0.0959. The van der Waals surface area contributed by atoms with Crippen LogP contribution in [-0.4, -0.2) is 50.9 Å². The Labute approximate surface area is 230 Å². The summed E-state index contributed by atoms with van der Waals surface area (Å²) < 4.78 is 17.7. The van der Waals surface area contributed by atoms with Crippen LogP contribution >= 0.6 is 0 Å². The fourth-order valence-electron chi connectivity index (χ4n) is 5.87. The summed E-state index contributed by atoms with van der Waals surface area (Å²) in [4.78, 5) is 31.3. The van der Waals surface area contributed by atoms with Gasteiger partial charge in [-0.25, -0.2) is 4.98 Å². The summed E-state index contributed by atoms with van der Waals surface area (Å²) >= 11 is 0. The van der Waals surface area contributed by atoms with Gasteiger partial charge in [0.1, 0.15) is 17.4 Å². The number of ether oxygens (including phenoxy) is 2. The number of fused-ring (bicyclic) bond motifs is 2. The molecule has 214 valence electrons. The van der Waals surface area contributed by atoms with E-state index in [0.717, 1.165) is 24.8 Å². The summed E-state index contributed by atoms with van der Waals surface area (Å²) in [7, 11) is 0. The number of hydrogen-bond acceptors (Lipinski definition) is 8. The minimum atomic E-state index is -1.28. The van der Waals surface area contributed by atoms with Gasteiger partial charge in [0.25, 0.3) is 0 Å². The lowest BCUT2D eigenvalue weighted by atomic mass is 9.71. The van der Waals surface area contributed by atoms with E-state index in [1.54, 1.807) is 26.8 Å². The number of epoxide rings is 1. The molecule has 8 heteroatoms. The van der Waals surface area contributed by atoms with Gasteiger partial charge in [-0.1, -0.05) is 39.3 Å². The molecular weight excluding hydrogens is 498 g/mol. The molecule has 2 aliphatic rings. The van der Waals surface area contributed by atoms with Crippen molar-refractivity contribution in [3.8, 4) is 0 Å². The van der Waals surface area contributed by atoms with Crippen LogP contribution in [0.3, 0.4) is 0 Å². The molecule has 2 aromatic rings. The van der Waals surface area contributed by atoms with Crippen LogP contribution in [0.4, 0.5) is 0 Å². The van der Waals surface area contributed by atoms with Crippen LogP contribution in [0.2, 0.25) is 0 Å². The molecule has 0 spiro atoms. The monoisotopic (exact) mass is 541 g/mol. The van der Waals surface area contributed by atoms with Crippen LogP contribution in [0.15, 0.2) is 35.3 Å². The zero-order valence-corrected chi connectivity index (χ0v) is 23.8. The summed E-state index contributed by atoms with van der Waals surface area (Å²) in [5, 5.41) is 22.3. The molecule has 2 N–H and O–H groups in total. The van der Waals surface area contributed by atoms with Crippen molar-refractivity contribution < 1.29 is 33.7 Å². The lowest BCUT2D eigenvalue weighted by molar-refractivity contribution is -0.156. The van der Waals surface area contributed by atoms with E-state index >= 15 is 0 Å². The summed E-state index contributed by atoms with van der Waals surface area (Å²) in [5.41, 5.74) is 0.501. The fraction of sp³-hybridized carbons (Fsp3) is 0.645. The number of carbonyl (C=O) groups excluding carboxylic acids is 2. The number of carbonyl (C=O) groups is 2. The molecule has 0 amide bonds. The van der Waals surface area contributed by atoms with Gasteiger partial charge in [0.15, 0.2) is 11.5 Å². The van der Waals surface area contributed by atoms with Gasteiger partial charge >= 0.3 is 5.97 Å². The van der Waals surface area contributed by atoms with E-state index in [1.807, 2.05) is 25.1 Å². The number of allylic oxidation sites excluding steroid dienone is 1. The standard InChI is InChI=1S/C31H43NO7/c1-7-8-11-21-28(35)18(2)10-9-14-31(6)26(39-31)16-24(20-12-13-23-22(15-20)32-19(3)37-23)38-27(34)17-25(33)30(4,5)29(21)36/h7,12-13,15,18,21,24-26,28,33,35H,1,8-11,14,16-17H2,2-6H3/t18-,21+,24-,25-,26-,28-,31+/m0/s1. The highest BCUT2D eigenvalue weighted by molar-refractivity contribution is 5.88. The Hall–Kier alpha value is -2.55. The average Bonchev–Trinajstić information content (AvgIpc) is 3.34. The Morgan fingerprint density at radius 2 is 1.95 bits per heavy atom. The highest BCUT2D eigenvalue weighted by Gasteiger charge is 2.53. The van der Waals surface area contributed by atoms with Crippen molar-refractivity contribution in [1.82, 2.24) is 4.98 Å². The number of cyclic esters (lactones) is 1. The smallest absolute Gasteiger partial charge is 0.309 e. The molecule has 39 heavy (non-hydrogen) atoms. The van der Waals surface area contributed by atoms with Crippen molar-refractivity contribution in [3.05, 3.63) is 42.3 Å². The van der Waals surface area contributed by atoms with E-state index in [-0.39, 0.29) is 29.8 Å². The highest BCUT2D eigenvalue weighted by atomic mass is 16.6. The number of aromatic nitrogens is 1. The van der Waals surface area contributed by atoms with Gasteiger partial charge in [-0.2, -0.15) is 0 Å². The molecule has 0 aliphatic carbocycles. The molecule has 7 atom stereocenters. The summed E-state index contributed by atoms with van der Waals surface area (Å²) in [5.74, 6) is -1.08. The molecule has 0 radical (unpaired) electrons. The third-order valence-electron chi connectivity index (χ3n) is 8.80. The van der Waals surface area contributed by atoms with Crippen molar-refractivity contribution in [2.45, 2.75) is 110 Å². The molecule has 4 rings (SSSR count). The number of ketones is 1. The van der Waals surface area contributed by atoms with Gasteiger partial charge in [-0.05, 0) is 56.2 Å². The van der Waals surface area contributed by atoms with Crippen molar-refractivity contribution in [1.29, 1.82) is 0 Å². The lowest BCUT2D eigenvalue weighted by Crippen LogP contribution is -2.46. The van der Waals surface area contributed by atoms with Crippen LogP contribution in [0.5, 0.6) is 0 Å². The second-order valence-corrected chi connectivity index (χ2v) is 12.2. The van der Waals surface area contributed by atoms with E-state index in [0.29, 0.717) is 36.3 Å². The Morgan fingerprint density at radius 3 is 2.67 bits per heavy atom. The van der Waals surface area contributed by atoms with Gasteiger partial charge < -0.3 is 24.1 Å². The Morgan fingerprint density at radius 1 is 1.21 bits per heavy atom. The molecule has 2 aliphatic heterocycles. The van der Waals surface area contributed by atoms with E-state index in [2.05, 4.69) is 18.5 Å². The van der Waals surface area contributed by atoms with E-state index < -0.39 is 35.6 Å². The van der Waals surface area contributed by atoms with E-state index in [9.17, 15) is 19.8 Å². The largest absolute Gasteiger partial charge is 0.457 e. The molecular formula is C31H43NO7. The fourth-order valence-corrected chi connectivity index (χ4v) is 5.87. The number of aliphatic hydroxyl groups is 2. The van der Waals surface area contributed by atoms with Crippen molar-refractivity contribution in [2.75, 3.05) is 0 Å². The van der Waals surface area contributed by atoms with Gasteiger partial charge in [0, 0.05) is 19.3 Å². The topological polar surface area (TPSA) is 122 Å². The molecule has 2 fully saturated rings. The molecule has 8 nitrogen and oxygen atoms in total. The predicted octanol–water partition coefficient (Wildman–Crippen LogP) is 5.38. The zero-order valence-electron chi connectivity index (χ0n) is 23.8. The SMILES string of the molecule is C=CCC[C@H]1C(=O)C(C)(C)[C@@H](O)CC(=O)O[C@H](c2ccc3oc(C)nc3c2)C[C@@H]2O[C@]2(C)CCC[C@H](C)[C@@H]1O. The quantitative estimate of drug-likeness (QED) is 0.301. The molecule has 0 unspecified atom stereocenters. The van der Waals surface area contributed by atoms with Crippen LogP contribution in [0.25, 0.3) is 11.1 Å². The first kappa shape index (κ1) is 29.4. The van der Waals surface area contributed by atoms with Crippen molar-refractivity contribution in [3.63, 3.8) is 0 Å². The van der Waals surface area contributed by atoms with E-state index in [1.165, 1.54) is 0 Å². The second kappa shape index (κ2) is 11.5. The van der Waals surface area contributed by atoms with Gasteiger partial charge in [-0.3, -0.25) is 9.59 Å². The second-order valence-electron chi connectivity index (χ2n) is 12.2. The molecule has 2 saturated heterocycles. The van der Waals surface area contributed by atoms with Crippen LogP contribution in [0.1, 0.15) is 90.2 Å². The summed E-state index contributed by atoms with van der Waals surface area (Å²) in [6.45, 7) is 12.8. The average molecular weight is 542 g/mol. The molecule has 0 bridgehead atoms. The maximum Gasteiger partial charge on any atom is 0.309 e. The normalized spacial score (nSPS) is 34.3. The minimum Gasteiger partial charge on any atom is -0.457 e. The Balaban J connectivity index is 1.62. The number of nitrogens with zero attached hydrogens (tertiary/aromatic N) is 1. The number of rotatable bonds is 4. The first-order valence-electron chi connectivity index (χ1n) is 14.1. The number of benzene rings is 1. The van der Waals surface area contributed by atoms with Crippen LogP contribution < -0.4 is 0 Å². The van der Waals surface area contributed by atoms with Crippen molar-refractivity contribution in [2.24, 2.45) is 17.3 Å². The first-order chi connectivity index (χ1) is 18.4. The number of esters is 1. The van der Waals surface area contributed by atoms with E-state index in [4.69, 9.17) is 13.9 Å². The zero-order chi connectivity index (χ0) is 28.5. The van der Waals surface area contributed by atoms with Gasteiger partial charge in [-0.15, -0.1) is 6.58 Å². The summed E-state index contributed by atoms with van der Waals surface area (Å²) in [6.07, 6.45) is 2.39. The van der Waals surface area contributed by atoms with Gasteiger partial charge in [0.05, 0.1) is 35.7 Å². The molecule has 1 aromatic carbocycles. The molecule has 3 heterocycles. The Kier molecular flexibility index (Phi) is 8.69. The third-order valence-corrected chi connectivity index (χ3v) is 8.80. The number of oxazole rings is 1. The predicted molar refractivity (Wildman–Crippen MR) is 147 cm³/mol. The first-order valence-corrected chi connectivity index (χ1v) is 14.1. The maximum absolute atomic E-state index is 13.7. The number of Topliss-reactive ketones (excluding diaryl/α,β-unsaturated/α-hetero) is 1. The van der Waals surface area contributed by atoms with Crippen LogP contribution in [-0.2, 0) is 19.1 Å². The number of aliphatic hydroxyl groups excluding tert-OH is 2. The molecule has 1 aromatic heterocycles. The third kappa shape index (κ3) is 6.44. The lowest BCUT2D eigenvalue weighted by Gasteiger charge is -2.36. The Bertz CT molecular complexity index is 1200. The van der Waals surface area contributed by atoms with Gasteiger partial charge in [0.2, 0.25) is 0 Å². The van der Waals surface area contributed by atoms with Crippen molar-refractivity contribution >= 4 is 22.9 Å².